The highest BCUT2D eigenvalue weighted by molar-refractivity contribution is 4.84. The predicted octanol–water partition coefficient (Wildman–Crippen LogP) is 3.21. The third kappa shape index (κ3) is 7.12. The molecule has 0 radical (unpaired) electrons. The summed E-state index contributed by atoms with van der Waals surface area (Å²) in [6.45, 7) is 11.7. The summed E-state index contributed by atoms with van der Waals surface area (Å²) in [6.07, 6.45) is 8.13. The second-order valence-corrected chi connectivity index (χ2v) is 7.04. The van der Waals surface area contributed by atoms with Crippen molar-refractivity contribution < 1.29 is 0 Å². The van der Waals surface area contributed by atoms with E-state index < -0.39 is 0 Å². The van der Waals surface area contributed by atoms with E-state index in [0.29, 0.717) is 6.04 Å². The Morgan fingerprint density at radius 1 is 1.14 bits per heavy atom. The van der Waals surface area contributed by atoms with Crippen molar-refractivity contribution in [3.8, 4) is 0 Å². The number of rotatable bonds is 10. The van der Waals surface area contributed by atoms with Gasteiger partial charge in [0, 0.05) is 31.7 Å². The number of nitrogens with zero attached hydrogens (tertiary/aromatic N) is 2. The van der Waals surface area contributed by atoms with Crippen LogP contribution < -0.4 is 5.32 Å². The van der Waals surface area contributed by atoms with Crippen LogP contribution in [0.2, 0.25) is 0 Å². The molecule has 3 unspecified atom stereocenters. The first kappa shape index (κ1) is 18.9. The molecule has 1 aliphatic rings. The summed E-state index contributed by atoms with van der Waals surface area (Å²) in [7, 11) is 4.56. The molecule has 1 aliphatic heterocycles. The van der Waals surface area contributed by atoms with Crippen LogP contribution in [-0.2, 0) is 0 Å². The van der Waals surface area contributed by atoms with Crippen LogP contribution >= 0.6 is 0 Å². The molecule has 0 amide bonds. The van der Waals surface area contributed by atoms with Crippen molar-refractivity contribution in [1.82, 2.24) is 15.1 Å². The van der Waals surface area contributed by atoms with Gasteiger partial charge >= 0.3 is 0 Å². The molecule has 0 aromatic heterocycles. The second kappa shape index (κ2) is 10.6. The molecule has 1 fully saturated rings. The normalized spacial score (nSPS) is 24.1. The van der Waals surface area contributed by atoms with Crippen LogP contribution in [-0.4, -0.2) is 62.2 Å². The van der Waals surface area contributed by atoms with Gasteiger partial charge in [-0.3, -0.25) is 0 Å². The molecule has 3 nitrogen and oxygen atoms in total. The van der Waals surface area contributed by atoms with E-state index in [9.17, 15) is 0 Å². The summed E-state index contributed by atoms with van der Waals surface area (Å²) in [5.41, 5.74) is 0. The Morgan fingerprint density at radius 2 is 1.90 bits per heavy atom. The lowest BCUT2D eigenvalue weighted by Gasteiger charge is -2.40. The number of likely N-dealkylation sites (N-methyl/N-ethyl adjacent to an activating group) is 2. The van der Waals surface area contributed by atoms with Crippen molar-refractivity contribution in [3.63, 3.8) is 0 Å². The largest absolute Gasteiger partial charge is 0.314 e. The second-order valence-electron chi connectivity index (χ2n) is 7.04. The average molecular weight is 298 g/mol. The molecule has 1 N–H and O–H groups in total. The smallest absolute Gasteiger partial charge is 0.0235 e. The van der Waals surface area contributed by atoms with E-state index in [4.69, 9.17) is 0 Å². The van der Waals surface area contributed by atoms with Gasteiger partial charge in [0.15, 0.2) is 0 Å². The monoisotopic (exact) mass is 297 g/mol. The number of unbranched alkanes of at least 4 members (excludes halogenated alkanes) is 1. The van der Waals surface area contributed by atoms with E-state index in [0.717, 1.165) is 18.5 Å². The topological polar surface area (TPSA) is 18.5 Å². The molecular formula is C18H39N3. The minimum atomic E-state index is 0.691. The molecule has 0 spiro atoms. The zero-order valence-corrected chi connectivity index (χ0v) is 15.2. The molecule has 3 atom stereocenters. The third-order valence-electron chi connectivity index (χ3n) is 5.19. The van der Waals surface area contributed by atoms with Crippen molar-refractivity contribution in [1.29, 1.82) is 0 Å². The Labute approximate surface area is 133 Å². The molecule has 1 saturated heterocycles. The molecule has 126 valence electrons. The van der Waals surface area contributed by atoms with Gasteiger partial charge in [0.05, 0.1) is 0 Å². The Bertz CT molecular complexity index is 257. The number of hydrogen-bond donors (Lipinski definition) is 1. The van der Waals surface area contributed by atoms with Crippen LogP contribution in [0.25, 0.3) is 0 Å². The first-order valence-corrected chi connectivity index (χ1v) is 9.22. The molecule has 0 aromatic rings. The minimum absolute atomic E-state index is 0.691. The van der Waals surface area contributed by atoms with Gasteiger partial charge in [-0.2, -0.15) is 0 Å². The molecule has 0 saturated carbocycles. The Kier molecular flexibility index (Phi) is 9.54. The number of hydrogen-bond acceptors (Lipinski definition) is 3. The zero-order valence-electron chi connectivity index (χ0n) is 15.2. The van der Waals surface area contributed by atoms with Crippen LogP contribution in [0.5, 0.6) is 0 Å². The van der Waals surface area contributed by atoms with E-state index in [-0.39, 0.29) is 0 Å². The van der Waals surface area contributed by atoms with E-state index in [1.807, 2.05) is 0 Å². The highest BCUT2D eigenvalue weighted by atomic mass is 15.3. The van der Waals surface area contributed by atoms with Crippen LogP contribution in [0.4, 0.5) is 0 Å². The fourth-order valence-electron chi connectivity index (χ4n) is 3.62. The van der Waals surface area contributed by atoms with E-state index in [1.165, 1.54) is 58.2 Å². The third-order valence-corrected chi connectivity index (χ3v) is 5.19. The first-order valence-electron chi connectivity index (χ1n) is 9.22. The Hall–Kier alpha value is -0.120. The lowest BCUT2D eigenvalue weighted by Crippen LogP contribution is -2.52. The summed E-state index contributed by atoms with van der Waals surface area (Å²) in [5.74, 6) is 0.903. The maximum atomic E-state index is 3.76. The zero-order chi connectivity index (χ0) is 15.7. The van der Waals surface area contributed by atoms with Gasteiger partial charge in [-0.1, -0.05) is 46.5 Å². The van der Waals surface area contributed by atoms with Crippen LogP contribution in [0, 0.1) is 5.92 Å². The molecule has 3 heteroatoms. The van der Waals surface area contributed by atoms with Crippen LogP contribution in [0.3, 0.4) is 0 Å². The fraction of sp³-hybridized carbons (Fsp3) is 1.00. The Morgan fingerprint density at radius 3 is 2.52 bits per heavy atom. The van der Waals surface area contributed by atoms with Crippen molar-refractivity contribution in [2.75, 3.05) is 40.3 Å². The average Bonchev–Trinajstić information content (AvgIpc) is 2.47. The number of piperazine rings is 1. The highest BCUT2D eigenvalue weighted by Gasteiger charge is 2.26. The van der Waals surface area contributed by atoms with Crippen molar-refractivity contribution in [3.05, 3.63) is 0 Å². The quantitative estimate of drug-likeness (QED) is 0.668. The minimum Gasteiger partial charge on any atom is -0.314 e. The van der Waals surface area contributed by atoms with Crippen molar-refractivity contribution in [2.45, 2.75) is 71.4 Å². The van der Waals surface area contributed by atoms with Gasteiger partial charge < -0.3 is 15.1 Å². The van der Waals surface area contributed by atoms with Gasteiger partial charge in [-0.25, -0.2) is 0 Å². The molecular weight excluding hydrogens is 258 g/mol. The predicted molar refractivity (Wildman–Crippen MR) is 93.9 cm³/mol. The lowest BCUT2D eigenvalue weighted by molar-refractivity contribution is 0.0980. The first-order chi connectivity index (χ1) is 10.1. The van der Waals surface area contributed by atoms with Gasteiger partial charge in [0.1, 0.15) is 0 Å². The van der Waals surface area contributed by atoms with Crippen LogP contribution in [0.15, 0.2) is 0 Å². The fourth-order valence-corrected chi connectivity index (χ4v) is 3.62. The molecule has 0 bridgehead atoms. The summed E-state index contributed by atoms with van der Waals surface area (Å²) in [6, 6.07) is 1.41. The molecule has 1 heterocycles. The standard InChI is InChI=1S/C18H39N3/c1-6-9-10-16(7-2)13-17(19-8-3)14-18-15-20(4)11-12-21(18)5/h16-19H,6-15H2,1-5H3. The van der Waals surface area contributed by atoms with E-state index >= 15 is 0 Å². The van der Waals surface area contributed by atoms with Gasteiger partial charge in [-0.05, 0) is 39.4 Å². The summed E-state index contributed by atoms with van der Waals surface area (Å²) < 4.78 is 0. The van der Waals surface area contributed by atoms with Gasteiger partial charge in [0.2, 0.25) is 0 Å². The molecule has 0 aromatic carbocycles. The van der Waals surface area contributed by atoms with Gasteiger partial charge in [-0.15, -0.1) is 0 Å². The van der Waals surface area contributed by atoms with E-state index in [2.05, 4.69) is 50.0 Å². The molecule has 1 rings (SSSR count). The van der Waals surface area contributed by atoms with Crippen LogP contribution in [0.1, 0.15) is 59.3 Å². The van der Waals surface area contributed by atoms with Crippen molar-refractivity contribution >= 4 is 0 Å². The van der Waals surface area contributed by atoms with E-state index in [1.54, 1.807) is 0 Å². The number of nitrogens with one attached hydrogen (secondary N) is 1. The maximum Gasteiger partial charge on any atom is 0.0235 e. The summed E-state index contributed by atoms with van der Waals surface area (Å²) in [5, 5.41) is 3.76. The summed E-state index contributed by atoms with van der Waals surface area (Å²) >= 11 is 0. The summed E-state index contributed by atoms with van der Waals surface area (Å²) in [4.78, 5) is 5.05. The maximum absolute atomic E-state index is 3.76. The molecule has 21 heavy (non-hydrogen) atoms. The van der Waals surface area contributed by atoms with Gasteiger partial charge in [0.25, 0.3) is 0 Å². The molecule has 0 aliphatic carbocycles. The highest BCUT2D eigenvalue weighted by Crippen LogP contribution is 2.22. The lowest BCUT2D eigenvalue weighted by atomic mass is 9.89. The Balaban J connectivity index is 2.50. The van der Waals surface area contributed by atoms with Crippen molar-refractivity contribution in [2.24, 2.45) is 5.92 Å². The SMILES string of the molecule is CCCCC(CC)CC(CC1CN(C)CCN1C)NCC.